The third-order valence-electron chi connectivity index (χ3n) is 6.13. The molecule has 0 bridgehead atoms. The average molecular weight is 345 g/mol. The molecule has 1 nitrogen and oxygen atoms in total. The lowest BCUT2D eigenvalue weighted by Crippen LogP contribution is -2.33. The van der Waals surface area contributed by atoms with Crippen LogP contribution in [0, 0.1) is 6.92 Å². The van der Waals surface area contributed by atoms with E-state index in [4.69, 9.17) is 0 Å². The van der Waals surface area contributed by atoms with Gasteiger partial charge in [-0.1, -0.05) is 78.9 Å². The van der Waals surface area contributed by atoms with Crippen LogP contribution in [-0.4, -0.2) is 0 Å². The zero-order chi connectivity index (χ0) is 18.0. The van der Waals surface area contributed by atoms with Gasteiger partial charge in [0.2, 0.25) is 0 Å². The monoisotopic (exact) mass is 345 g/mol. The molecule has 0 amide bonds. The molecule has 4 aromatic rings. The number of nitrogens with one attached hydrogen (secondary N) is 1. The van der Waals surface area contributed by atoms with Crippen LogP contribution in [-0.2, 0) is 5.41 Å². The molecule has 1 aliphatic carbocycles. The highest BCUT2D eigenvalue weighted by Gasteiger charge is 2.49. The molecule has 27 heavy (non-hydrogen) atoms. The second-order valence-corrected chi connectivity index (χ2v) is 7.56. The topological polar surface area (TPSA) is 12.0 Å². The molecule has 1 N–H and O–H groups in total. The van der Waals surface area contributed by atoms with Crippen LogP contribution in [0.15, 0.2) is 91.0 Å². The van der Waals surface area contributed by atoms with E-state index < -0.39 is 0 Å². The molecule has 1 heterocycles. The molecule has 1 heteroatoms. The lowest BCUT2D eigenvalue weighted by atomic mass is 9.65. The van der Waals surface area contributed by atoms with Gasteiger partial charge < -0.3 is 5.32 Å². The van der Waals surface area contributed by atoms with Gasteiger partial charge in [0.05, 0.1) is 5.41 Å². The van der Waals surface area contributed by atoms with Crippen molar-refractivity contribution in [1.82, 2.24) is 0 Å². The molecule has 1 spiro atoms. The number of hydrogen-bond acceptors (Lipinski definition) is 1. The van der Waals surface area contributed by atoms with Gasteiger partial charge >= 0.3 is 0 Å². The molecule has 1 aliphatic heterocycles. The molecule has 0 unspecified atom stereocenters. The van der Waals surface area contributed by atoms with E-state index in [1.54, 1.807) is 0 Å². The van der Waals surface area contributed by atoms with Crippen LogP contribution in [0.2, 0.25) is 0 Å². The number of rotatable bonds is 0. The smallest absolute Gasteiger partial charge is 0.0753 e. The predicted molar refractivity (Wildman–Crippen MR) is 112 cm³/mol. The molecule has 2 aliphatic rings. The number of anilines is 2. The second kappa shape index (κ2) is 5.11. The zero-order valence-electron chi connectivity index (χ0n) is 15.2. The molecule has 0 atom stereocenters. The number of benzene rings is 4. The van der Waals surface area contributed by atoms with Gasteiger partial charge in [-0.3, -0.25) is 0 Å². The van der Waals surface area contributed by atoms with Crippen LogP contribution in [0.1, 0.15) is 27.8 Å². The van der Waals surface area contributed by atoms with Gasteiger partial charge in [0, 0.05) is 11.4 Å². The first-order valence-electron chi connectivity index (χ1n) is 9.47. The Kier molecular flexibility index (Phi) is 2.80. The van der Waals surface area contributed by atoms with Crippen molar-refractivity contribution < 1.29 is 0 Å². The van der Waals surface area contributed by atoms with E-state index in [9.17, 15) is 0 Å². The minimum Gasteiger partial charge on any atom is -0.355 e. The van der Waals surface area contributed by atoms with Crippen molar-refractivity contribution in [3.63, 3.8) is 0 Å². The predicted octanol–water partition coefficient (Wildman–Crippen LogP) is 6.42. The van der Waals surface area contributed by atoms with E-state index >= 15 is 0 Å². The quantitative estimate of drug-likeness (QED) is 0.335. The van der Waals surface area contributed by atoms with E-state index in [1.165, 1.54) is 50.3 Å². The average Bonchev–Trinajstić information content (AvgIpc) is 3.00. The molecule has 0 saturated heterocycles. The van der Waals surface area contributed by atoms with E-state index in [2.05, 4.69) is 103 Å². The Labute approximate surface area is 159 Å². The SMILES string of the molecule is Cc1ccc2c(c1)Nc1ccccc1C21c2ccccc2-c2ccccc21. The first-order chi connectivity index (χ1) is 13.3. The normalized spacial score (nSPS) is 14.7. The third kappa shape index (κ3) is 1.74. The number of hydrogen-bond donors (Lipinski definition) is 1. The first-order valence-corrected chi connectivity index (χ1v) is 9.47. The van der Waals surface area contributed by atoms with E-state index in [0.717, 1.165) is 0 Å². The van der Waals surface area contributed by atoms with Crippen LogP contribution in [0.5, 0.6) is 0 Å². The summed E-state index contributed by atoms with van der Waals surface area (Å²) in [6.45, 7) is 2.16. The maximum Gasteiger partial charge on any atom is 0.0753 e. The minimum atomic E-state index is -0.266. The van der Waals surface area contributed by atoms with Crippen molar-refractivity contribution in [2.75, 3.05) is 5.32 Å². The summed E-state index contributed by atoms with van der Waals surface area (Å²) in [5.74, 6) is 0. The Morgan fingerprint density at radius 1 is 0.556 bits per heavy atom. The minimum absolute atomic E-state index is 0.266. The van der Waals surface area contributed by atoms with E-state index in [-0.39, 0.29) is 5.41 Å². The third-order valence-corrected chi connectivity index (χ3v) is 6.13. The molecule has 0 fully saturated rings. The number of aryl methyl sites for hydroxylation is 1. The summed E-state index contributed by atoms with van der Waals surface area (Å²) in [5, 5.41) is 3.69. The van der Waals surface area contributed by atoms with Gasteiger partial charge in [-0.2, -0.15) is 0 Å². The van der Waals surface area contributed by atoms with Gasteiger partial charge in [0.15, 0.2) is 0 Å². The van der Waals surface area contributed by atoms with Crippen molar-refractivity contribution in [1.29, 1.82) is 0 Å². The Balaban J connectivity index is 1.85. The van der Waals surface area contributed by atoms with Crippen molar-refractivity contribution in [2.24, 2.45) is 0 Å². The first kappa shape index (κ1) is 14.8. The molecule has 128 valence electrons. The fraction of sp³-hybridized carbons (Fsp3) is 0.0769. The molecule has 0 saturated carbocycles. The van der Waals surface area contributed by atoms with Gasteiger partial charge in [-0.25, -0.2) is 0 Å². The summed E-state index contributed by atoms with van der Waals surface area (Å²) < 4.78 is 0. The standard InChI is InChI=1S/C26H19N/c1-17-14-15-23-25(16-17)27-24-13-7-6-12-22(24)26(23)20-10-4-2-8-18(20)19-9-3-5-11-21(19)26/h2-16,27H,1H3. The van der Waals surface area contributed by atoms with Gasteiger partial charge in [0.1, 0.15) is 0 Å². The van der Waals surface area contributed by atoms with Crippen LogP contribution < -0.4 is 5.32 Å². The largest absolute Gasteiger partial charge is 0.355 e. The molecular weight excluding hydrogens is 326 g/mol. The van der Waals surface area contributed by atoms with Gasteiger partial charge in [-0.15, -0.1) is 0 Å². The highest BCUT2D eigenvalue weighted by Crippen LogP contribution is 2.60. The Bertz CT molecular complexity index is 1170. The second-order valence-electron chi connectivity index (χ2n) is 7.56. The van der Waals surface area contributed by atoms with Crippen molar-refractivity contribution in [3.05, 3.63) is 119 Å². The summed E-state index contributed by atoms with van der Waals surface area (Å²) >= 11 is 0. The van der Waals surface area contributed by atoms with Crippen molar-refractivity contribution in [2.45, 2.75) is 12.3 Å². The summed E-state index contributed by atoms with van der Waals surface area (Å²) in [4.78, 5) is 0. The Hall–Kier alpha value is -3.32. The summed E-state index contributed by atoms with van der Waals surface area (Å²) in [7, 11) is 0. The fourth-order valence-electron chi connectivity index (χ4n) is 5.11. The van der Waals surface area contributed by atoms with Crippen LogP contribution in [0.3, 0.4) is 0 Å². The zero-order valence-corrected chi connectivity index (χ0v) is 15.2. The Morgan fingerprint density at radius 3 is 1.81 bits per heavy atom. The molecular formula is C26H19N. The van der Waals surface area contributed by atoms with E-state index in [0.29, 0.717) is 0 Å². The molecule has 4 aromatic carbocycles. The van der Waals surface area contributed by atoms with Gasteiger partial charge in [-0.05, 0) is 58.0 Å². The molecule has 0 aromatic heterocycles. The molecule has 6 rings (SSSR count). The maximum absolute atomic E-state index is 3.69. The van der Waals surface area contributed by atoms with E-state index in [1.807, 2.05) is 0 Å². The van der Waals surface area contributed by atoms with Crippen LogP contribution in [0.25, 0.3) is 11.1 Å². The summed E-state index contributed by atoms with van der Waals surface area (Å²) in [6, 6.07) is 33.4. The summed E-state index contributed by atoms with van der Waals surface area (Å²) in [5.41, 5.74) is 11.5. The Morgan fingerprint density at radius 2 is 1.11 bits per heavy atom. The van der Waals surface area contributed by atoms with Crippen molar-refractivity contribution in [3.8, 4) is 11.1 Å². The van der Waals surface area contributed by atoms with Crippen molar-refractivity contribution >= 4 is 11.4 Å². The number of fused-ring (bicyclic) bond motifs is 9. The fourth-order valence-corrected chi connectivity index (χ4v) is 5.11. The van der Waals surface area contributed by atoms with Crippen LogP contribution in [0.4, 0.5) is 11.4 Å². The maximum atomic E-state index is 3.69. The van der Waals surface area contributed by atoms with Crippen LogP contribution >= 0.6 is 0 Å². The summed E-state index contributed by atoms with van der Waals surface area (Å²) in [6.07, 6.45) is 0. The molecule has 0 radical (unpaired) electrons. The number of para-hydroxylation sites is 1. The highest BCUT2D eigenvalue weighted by atomic mass is 14.9. The highest BCUT2D eigenvalue weighted by molar-refractivity contribution is 5.92. The lowest BCUT2D eigenvalue weighted by molar-refractivity contribution is 0.763. The lowest BCUT2D eigenvalue weighted by Gasteiger charge is -2.40. The van der Waals surface area contributed by atoms with Gasteiger partial charge in [0.25, 0.3) is 0 Å².